The first-order valence-corrected chi connectivity index (χ1v) is 5.63. The van der Waals surface area contributed by atoms with Gasteiger partial charge in [-0.05, 0) is 24.3 Å². The first kappa shape index (κ1) is 12.8. The van der Waals surface area contributed by atoms with Crippen molar-refractivity contribution in [3.63, 3.8) is 0 Å². The first-order valence-electron chi connectivity index (χ1n) is 5.63. The van der Waals surface area contributed by atoms with Gasteiger partial charge in [-0.1, -0.05) is 6.07 Å². The van der Waals surface area contributed by atoms with Crippen LogP contribution in [-0.2, 0) is 0 Å². The Labute approximate surface area is 110 Å². The number of benzene rings is 1. The summed E-state index contributed by atoms with van der Waals surface area (Å²) in [5, 5.41) is 11.8. The molecule has 1 heterocycles. The number of methoxy groups -OCH3 is 1. The summed E-state index contributed by atoms with van der Waals surface area (Å²) in [7, 11) is 3.13. The summed E-state index contributed by atoms with van der Waals surface area (Å²) in [6.45, 7) is 0. The van der Waals surface area contributed by atoms with Crippen molar-refractivity contribution >= 4 is 5.82 Å². The third-order valence-corrected chi connectivity index (χ3v) is 2.70. The second kappa shape index (κ2) is 5.36. The molecule has 2 aromatic rings. The molecule has 0 aliphatic heterocycles. The van der Waals surface area contributed by atoms with Crippen molar-refractivity contribution in [3.05, 3.63) is 41.7 Å². The Kier molecular flexibility index (Phi) is 3.62. The number of hydrogen-bond acceptors (Lipinski definition) is 4. The summed E-state index contributed by atoms with van der Waals surface area (Å²) >= 11 is 0. The molecule has 0 bridgehead atoms. The van der Waals surface area contributed by atoms with Crippen LogP contribution in [0.2, 0.25) is 0 Å². The van der Waals surface area contributed by atoms with Crippen LogP contribution in [0.1, 0.15) is 5.56 Å². The van der Waals surface area contributed by atoms with Crippen molar-refractivity contribution < 1.29 is 9.13 Å². The van der Waals surface area contributed by atoms with E-state index in [1.165, 1.54) is 13.2 Å². The number of ether oxygens (including phenoxy) is 1. The minimum atomic E-state index is -0.418. The Morgan fingerprint density at radius 3 is 2.74 bits per heavy atom. The topological polar surface area (TPSA) is 57.9 Å². The number of rotatable bonds is 3. The van der Waals surface area contributed by atoms with Crippen LogP contribution in [0.4, 0.5) is 10.2 Å². The zero-order valence-electron chi connectivity index (χ0n) is 10.6. The van der Waals surface area contributed by atoms with Gasteiger partial charge in [-0.3, -0.25) is 0 Å². The van der Waals surface area contributed by atoms with Crippen molar-refractivity contribution in [2.24, 2.45) is 0 Å². The summed E-state index contributed by atoms with van der Waals surface area (Å²) in [5.74, 6) is 0.392. The van der Waals surface area contributed by atoms with Gasteiger partial charge in [-0.25, -0.2) is 9.37 Å². The maximum Gasteiger partial charge on any atom is 0.144 e. The van der Waals surface area contributed by atoms with Gasteiger partial charge in [0.2, 0.25) is 0 Å². The van der Waals surface area contributed by atoms with E-state index in [9.17, 15) is 4.39 Å². The highest BCUT2D eigenvalue weighted by Gasteiger charge is 2.14. The SMILES string of the molecule is CNc1nc(-c2c(F)cccc2OC)ccc1C#N. The molecule has 0 atom stereocenters. The zero-order valence-corrected chi connectivity index (χ0v) is 10.6. The van der Waals surface area contributed by atoms with Crippen molar-refractivity contribution in [3.8, 4) is 23.1 Å². The van der Waals surface area contributed by atoms with Gasteiger partial charge in [0, 0.05) is 7.05 Å². The van der Waals surface area contributed by atoms with Gasteiger partial charge in [-0.2, -0.15) is 5.26 Å². The molecule has 0 unspecified atom stereocenters. The lowest BCUT2D eigenvalue weighted by Crippen LogP contribution is -1.99. The van der Waals surface area contributed by atoms with Gasteiger partial charge in [0.1, 0.15) is 23.5 Å². The summed E-state index contributed by atoms with van der Waals surface area (Å²) in [4.78, 5) is 4.25. The molecule has 0 radical (unpaired) electrons. The fourth-order valence-electron chi connectivity index (χ4n) is 1.80. The van der Waals surface area contributed by atoms with E-state index in [4.69, 9.17) is 10.00 Å². The van der Waals surface area contributed by atoms with Crippen molar-refractivity contribution in [2.45, 2.75) is 0 Å². The van der Waals surface area contributed by atoms with Gasteiger partial charge < -0.3 is 10.1 Å². The molecular formula is C14H12FN3O. The lowest BCUT2D eigenvalue weighted by Gasteiger charge is -2.10. The Balaban J connectivity index is 2.63. The number of anilines is 1. The summed E-state index contributed by atoms with van der Waals surface area (Å²) in [6, 6.07) is 9.79. The van der Waals surface area contributed by atoms with Crippen LogP contribution in [0, 0.1) is 17.1 Å². The van der Waals surface area contributed by atoms with Crippen LogP contribution < -0.4 is 10.1 Å². The molecule has 0 aliphatic rings. The Hall–Kier alpha value is -2.61. The van der Waals surface area contributed by atoms with E-state index >= 15 is 0 Å². The molecule has 2 rings (SSSR count). The normalized spacial score (nSPS) is 9.79. The van der Waals surface area contributed by atoms with Crippen molar-refractivity contribution in [2.75, 3.05) is 19.5 Å². The van der Waals surface area contributed by atoms with Gasteiger partial charge in [0.25, 0.3) is 0 Å². The molecule has 0 saturated carbocycles. The van der Waals surface area contributed by atoms with Crippen LogP contribution in [0.3, 0.4) is 0 Å². The summed E-state index contributed by atoms with van der Waals surface area (Å²) in [6.07, 6.45) is 0. The maximum absolute atomic E-state index is 13.9. The molecule has 0 aliphatic carbocycles. The molecule has 4 nitrogen and oxygen atoms in total. The second-order valence-corrected chi connectivity index (χ2v) is 3.77. The van der Waals surface area contributed by atoms with Crippen LogP contribution in [0.5, 0.6) is 5.75 Å². The minimum Gasteiger partial charge on any atom is -0.496 e. The average molecular weight is 257 g/mol. The number of nitrogens with zero attached hydrogens (tertiary/aromatic N) is 2. The fourth-order valence-corrected chi connectivity index (χ4v) is 1.80. The highest BCUT2D eigenvalue weighted by Crippen LogP contribution is 2.32. The number of pyridine rings is 1. The lowest BCUT2D eigenvalue weighted by atomic mass is 10.1. The number of hydrogen-bond donors (Lipinski definition) is 1. The molecule has 19 heavy (non-hydrogen) atoms. The Morgan fingerprint density at radius 1 is 1.32 bits per heavy atom. The van der Waals surface area contributed by atoms with Crippen molar-refractivity contribution in [1.82, 2.24) is 4.98 Å². The van der Waals surface area contributed by atoms with Gasteiger partial charge in [0.15, 0.2) is 0 Å². The smallest absolute Gasteiger partial charge is 0.144 e. The summed E-state index contributed by atoms with van der Waals surface area (Å²) in [5.41, 5.74) is 1.10. The van der Waals surface area contributed by atoms with Gasteiger partial charge in [-0.15, -0.1) is 0 Å². The number of aromatic nitrogens is 1. The van der Waals surface area contributed by atoms with E-state index < -0.39 is 5.82 Å². The molecule has 0 saturated heterocycles. The van der Waals surface area contributed by atoms with Crippen LogP contribution in [0.15, 0.2) is 30.3 Å². The Bertz CT molecular complexity index is 650. The second-order valence-electron chi connectivity index (χ2n) is 3.77. The Morgan fingerprint density at radius 2 is 2.11 bits per heavy atom. The molecular weight excluding hydrogens is 245 g/mol. The maximum atomic E-state index is 13.9. The van der Waals surface area contributed by atoms with Gasteiger partial charge >= 0.3 is 0 Å². The van der Waals surface area contributed by atoms with Crippen LogP contribution >= 0.6 is 0 Å². The van der Waals surface area contributed by atoms with E-state index in [0.717, 1.165) is 0 Å². The van der Waals surface area contributed by atoms with Crippen LogP contribution in [-0.4, -0.2) is 19.1 Å². The van der Waals surface area contributed by atoms with Gasteiger partial charge in [0.05, 0.1) is 23.9 Å². The van der Waals surface area contributed by atoms with Crippen molar-refractivity contribution in [1.29, 1.82) is 5.26 Å². The first-order chi connectivity index (χ1) is 9.21. The molecule has 0 amide bonds. The molecule has 1 N–H and O–H groups in total. The van der Waals surface area contributed by atoms with Crippen LogP contribution in [0.25, 0.3) is 11.3 Å². The largest absolute Gasteiger partial charge is 0.496 e. The zero-order chi connectivity index (χ0) is 13.8. The van der Waals surface area contributed by atoms with E-state index in [-0.39, 0.29) is 5.56 Å². The molecule has 5 heteroatoms. The predicted molar refractivity (Wildman–Crippen MR) is 70.4 cm³/mol. The third kappa shape index (κ3) is 2.33. The number of halogens is 1. The molecule has 96 valence electrons. The van der Waals surface area contributed by atoms with E-state index in [0.29, 0.717) is 22.8 Å². The number of nitriles is 1. The summed E-state index contributed by atoms with van der Waals surface area (Å²) < 4.78 is 19.1. The molecule has 1 aromatic heterocycles. The van der Waals surface area contributed by atoms with E-state index in [2.05, 4.69) is 10.3 Å². The van der Waals surface area contributed by atoms with E-state index in [1.807, 2.05) is 6.07 Å². The molecule has 1 aromatic carbocycles. The monoisotopic (exact) mass is 257 g/mol. The highest BCUT2D eigenvalue weighted by molar-refractivity contribution is 5.70. The highest BCUT2D eigenvalue weighted by atomic mass is 19.1. The molecule has 0 spiro atoms. The number of nitrogens with one attached hydrogen (secondary N) is 1. The minimum absolute atomic E-state index is 0.283. The molecule has 0 fully saturated rings. The standard InChI is InChI=1S/C14H12FN3O/c1-17-14-9(8-16)6-7-11(18-14)13-10(15)4-3-5-12(13)19-2/h3-7H,1-2H3,(H,17,18). The van der Waals surface area contributed by atoms with E-state index in [1.54, 1.807) is 31.3 Å². The predicted octanol–water partition coefficient (Wildman–Crippen LogP) is 2.81. The quantitative estimate of drug-likeness (QED) is 0.918. The average Bonchev–Trinajstić information content (AvgIpc) is 2.46. The fraction of sp³-hybridized carbons (Fsp3) is 0.143. The lowest BCUT2D eigenvalue weighted by molar-refractivity contribution is 0.413. The third-order valence-electron chi connectivity index (χ3n) is 2.70.